The second-order valence-electron chi connectivity index (χ2n) is 6.96. The molecule has 1 fully saturated rings. The highest BCUT2D eigenvalue weighted by Gasteiger charge is 2.28. The number of carbonyl (C=O) groups is 4. The molecule has 1 heterocycles. The summed E-state index contributed by atoms with van der Waals surface area (Å²) in [6.07, 6.45) is 0.892. The van der Waals surface area contributed by atoms with Crippen molar-refractivity contribution >= 4 is 35.0 Å². The van der Waals surface area contributed by atoms with Crippen LogP contribution in [0.5, 0.6) is 0 Å². The van der Waals surface area contributed by atoms with Gasteiger partial charge in [-0.05, 0) is 42.3 Å². The molecule has 7 heteroatoms. The molecule has 7 nitrogen and oxygen atoms in total. The average molecular weight is 393 g/mol. The van der Waals surface area contributed by atoms with Crippen molar-refractivity contribution in [1.29, 1.82) is 0 Å². The summed E-state index contributed by atoms with van der Waals surface area (Å²) in [5.74, 6) is -0.715. The molecule has 0 bridgehead atoms. The van der Waals surface area contributed by atoms with Crippen molar-refractivity contribution in [3.05, 3.63) is 59.2 Å². The molecule has 2 aromatic rings. The number of nitrogens with zero attached hydrogens (tertiary/aromatic N) is 1. The SMILES string of the molecule is CCC(=O)Nc1ccc(C)c(NC(=O)c2ccc(CN3C(=O)CCC3=O)cc2)c1. The van der Waals surface area contributed by atoms with Crippen molar-refractivity contribution in [3.8, 4) is 0 Å². The standard InChI is InChI=1S/C22H23N3O4/c1-3-19(26)23-17-9-4-14(2)18(12-17)24-22(29)16-7-5-15(6-8-16)13-25-20(27)10-11-21(25)28/h4-9,12H,3,10-11,13H2,1-2H3,(H,23,26)(H,24,29). The molecule has 0 unspecified atom stereocenters. The van der Waals surface area contributed by atoms with Crippen LogP contribution in [-0.2, 0) is 20.9 Å². The van der Waals surface area contributed by atoms with Crippen LogP contribution in [0.4, 0.5) is 11.4 Å². The van der Waals surface area contributed by atoms with Gasteiger partial charge in [0.25, 0.3) is 5.91 Å². The van der Waals surface area contributed by atoms with Crippen molar-refractivity contribution in [2.75, 3.05) is 10.6 Å². The Morgan fingerprint density at radius 2 is 1.62 bits per heavy atom. The summed E-state index contributed by atoms with van der Waals surface area (Å²) in [7, 11) is 0. The third-order valence-corrected chi connectivity index (χ3v) is 4.80. The Morgan fingerprint density at radius 1 is 0.966 bits per heavy atom. The van der Waals surface area contributed by atoms with E-state index in [2.05, 4.69) is 10.6 Å². The first-order chi connectivity index (χ1) is 13.9. The lowest BCUT2D eigenvalue weighted by atomic mass is 10.1. The Balaban J connectivity index is 1.68. The number of carbonyl (C=O) groups excluding carboxylic acids is 4. The predicted molar refractivity (Wildman–Crippen MR) is 109 cm³/mol. The van der Waals surface area contributed by atoms with Crippen LogP contribution in [0, 0.1) is 6.92 Å². The molecule has 1 aliphatic heterocycles. The second-order valence-corrected chi connectivity index (χ2v) is 6.96. The highest BCUT2D eigenvalue weighted by molar-refractivity contribution is 6.05. The van der Waals surface area contributed by atoms with E-state index in [1.54, 1.807) is 43.3 Å². The van der Waals surface area contributed by atoms with Crippen LogP contribution in [0.2, 0.25) is 0 Å². The van der Waals surface area contributed by atoms with Crippen molar-refractivity contribution in [2.24, 2.45) is 0 Å². The van der Waals surface area contributed by atoms with Gasteiger partial charge in [0, 0.05) is 36.2 Å². The first kappa shape index (κ1) is 20.3. The fraction of sp³-hybridized carbons (Fsp3) is 0.273. The highest BCUT2D eigenvalue weighted by atomic mass is 16.2. The lowest BCUT2D eigenvalue weighted by molar-refractivity contribution is -0.139. The van der Waals surface area contributed by atoms with Crippen LogP contribution in [0.1, 0.15) is 47.7 Å². The molecule has 2 N–H and O–H groups in total. The van der Waals surface area contributed by atoms with E-state index in [4.69, 9.17) is 0 Å². The molecule has 0 radical (unpaired) electrons. The van der Waals surface area contributed by atoms with Crippen LogP contribution < -0.4 is 10.6 Å². The molecule has 0 aromatic heterocycles. The van der Waals surface area contributed by atoms with Gasteiger partial charge in [-0.2, -0.15) is 0 Å². The van der Waals surface area contributed by atoms with Gasteiger partial charge in [0.2, 0.25) is 17.7 Å². The number of benzene rings is 2. The summed E-state index contributed by atoms with van der Waals surface area (Å²) >= 11 is 0. The van der Waals surface area contributed by atoms with Gasteiger partial charge in [-0.15, -0.1) is 0 Å². The summed E-state index contributed by atoms with van der Waals surface area (Å²) in [6.45, 7) is 3.86. The molecule has 2 aromatic carbocycles. The van der Waals surface area contributed by atoms with Crippen molar-refractivity contribution < 1.29 is 19.2 Å². The molecule has 4 amide bonds. The molecule has 0 aliphatic carbocycles. The summed E-state index contributed by atoms with van der Waals surface area (Å²) in [4.78, 5) is 48.9. The highest BCUT2D eigenvalue weighted by Crippen LogP contribution is 2.22. The second kappa shape index (κ2) is 8.68. The van der Waals surface area contributed by atoms with Gasteiger partial charge in [0.15, 0.2) is 0 Å². The molecular weight excluding hydrogens is 370 g/mol. The molecule has 1 aliphatic rings. The number of imide groups is 1. The normalized spacial score (nSPS) is 13.5. The molecular formula is C22H23N3O4. The van der Waals surface area contributed by atoms with E-state index in [1.165, 1.54) is 4.90 Å². The summed E-state index contributed by atoms with van der Waals surface area (Å²) in [5, 5.41) is 5.63. The minimum absolute atomic E-state index is 0.100. The third kappa shape index (κ3) is 4.87. The molecule has 0 spiro atoms. The Hall–Kier alpha value is -3.48. The van der Waals surface area contributed by atoms with Gasteiger partial charge in [-0.3, -0.25) is 24.1 Å². The Morgan fingerprint density at radius 3 is 2.24 bits per heavy atom. The van der Waals surface area contributed by atoms with E-state index in [0.717, 1.165) is 11.1 Å². The van der Waals surface area contributed by atoms with Crippen LogP contribution in [0.3, 0.4) is 0 Å². The van der Waals surface area contributed by atoms with Crippen molar-refractivity contribution in [3.63, 3.8) is 0 Å². The molecule has 3 rings (SSSR count). The van der Waals surface area contributed by atoms with E-state index in [0.29, 0.717) is 23.4 Å². The fourth-order valence-electron chi connectivity index (χ4n) is 3.02. The third-order valence-electron chi connectivity index (χ3n) is 4.80. The van der Waals surface area contributed by atoms with Gasteiger partial charge in [0.05, 0.1) is 6.54 Å². The first-order valence-corrected chi connectivity index (χ1v) is 9.51. The van der Waals surface area contributed by atoms with Crippen molar-refractivity contribution in [1.82, 2.24) is 4.90 Å². The predicted octanol–water partition coefficient (Wildman–Crippen LogP) is 3.24. The van der Waals surface area contributed by atoms with Crippen LogP contribution in [0.25, 0.3) is 0 Å². The molecule has 0 atom stereocenters. The van der Waals surface area contributed by atoms with Gasteiger partial charge in [-0.1, -0.05) is 25.1 Å². The minimum atomic E-state index is -0.285. The largest absolute Gasteiger partial charge is 0.326 e. The van der Waals surface area contributed by atoms with Crippen LogP contribution >= 0.6 is 0 Å². The number of aryl methyl sites for hydroxylation is 1. The van der Waals surface area contributed by atoms with Gasteiger partial charge >= 0.3 is 0 Å². The van der Waals surface area contributed by atoms with Gasteiger partial charge in [-0.25, -0.2) is 0 Å². The number of rotatable bonds is 6. The topological polar surface area (TPSA) is 95.6 Å². The Bertz CT molecular complexity index is 951. The smallest absolute Gasteiger partial charge is 0.255 e. The Labute approximate surface area is 169 Å². The fourth-order valence-corrected chi connectivity index (χ4v) is 3.02. The monoisotopic (exact) mass is 393 g/mol. The Kier molecular flexibility index (Phi) is 6.07. The number of amides is 4. The average Bonchev–Trinajstić information content (AvgIpc) is 3.03. The number of hydrogen-bond donors (Lipinski definition) is 2. The van der Waals surface area contributed by atoms with E-state index >= 15 is 0 Å². The zero-order valence-corrected chi connectivity index (χ0v) is 16.5. The summed E-state index contributed by atoms with van der Waals surface area (Å²) in [5.41, 5.74) is 3.34. The quantitative estimate of drug-likeness (QED) is 0.737. The van der Waals surface area contributed by atoms with Crippen molar-refractivity contribution in [2.45, 2.75) is 39.7 Å². The number of nitrogens with one attached hydrogen (secondary N) is 2. The number of hydrogen-bond acceptors (Lipinski definition) is 4. The number of anilines is 2. The van der Waals surface area contributed by atoms with E-state index in [-0.39, 0.29) is 43.0 Å². The molecule has 0 saturated carbocycles. The number of likely N-dealkylation sites (tertiary alicyclic amines) is 1. The minimum Gasteiger partial charge on any atom is -0.326 e. The maximum atomic E-state index is 12.6. The molecule has 29 heavy (non-hydrogen) atoms. The lowest BCUT2D eigenvalue weighted by Crippen LogP contribution is -2.28. The van der Waals surface area contributed by atoms with E-state index in [9.17, 15) is 19.2 Å². The first-order valence-electron chi connectivity index (χ1n) is 9.51. The van der Waals surface area contributed by atoms with E-state index < -0.39 is 0 Å². The molecule has 150 valence electrons. The zero-order chi connectivity index (χ0) is 21.0. The zero-order valence-electron chi connectivity index (χ0n) is 16.5. The van der Waals surface area contributed by atoms with Gasteiger partial charge < -0.3 is 10.6 Å². The molecule has 1 saturated heterocycles. The van der Waals surface area contributed by atoms with E-state index in [1.807, 2.05) is 13.0 Å². The van der Waals surface area contributed by atoms with Crippen LogP contribution in [0.15, 0.2) is 42.5 Å². The maximum Gasteiger partial charge on any atom is 0.255 e. The summed E-state index contributed by atoms with van der Waals surface area (Å²) in [6, 6.07) is 12.1. The maximum absolute atomic E-state index is 12.6. The van der Waals surface area contributed by atoms with Gasteiger partial charge in [0.1, 0.15) is 0 Å². The lowest BCUT2D eigenvalue weighted by Gasteiger charge is -2.14. The van der Waals surface area contributed by atoms with Crippen LogP contribution in [-0.4, -0.2) is 28.5 Å². The summed E-state index contributed by atoms with van der Waals surface area (Å²) < 4.78 is 0.